The fraction of sp³-hybridized carbons (Fsp3) is 0.500. The summed E-state index contributed by atoms with van der Waals surface area (Å²) in [6.45, 7) is 1.26. The van der Waals surface area contributed by atoms with E-state index in [9.17, 15) is 14.0 Å². The molecule has 0 radical (unpaired) electrons. The van der Waals surface area contributed by atoms with Crippen LogP contribution in [0, 0.1) is 11.2 Å². The highest BCUT2D eigenvalue weighted by molar-refractivity contribution is 5.92. The van der Waals surface area contributed by atoms with Crippen LogP contribution >= 0.6 is 0 Å². The molecule has 27 heavy (non-hydrogen) atoms. The van der Waals surface area contributed by atoms with Crippen LogP contribution in [-0.2, 0) is 0 Å². The molecule has 1 aliphatic carbocycles. The lowest BCUT2D eigenvalue weighted by atomic mass is 9.59. The molecule has 1 aliphatic heterocycles. The number of likely N-dealkylation sites (tertiary alicyclic amines) is 1. The second-order valence-corrected chi connectivity index (χ2v) is 7.23. The third-order valence-corrected chi connectivity index (χ3v) is 5.90. The van der Waals surface area contributed by atoms with Gasteiger partial charge in [0.05, 0.1) is 18.4 Å². The summed E-state index contributed by atoms with van der Waals surface area (Å²) in [5.41, 5.74) is 0.666. The summed E-state index contributed by atoms with van der Waals surface area (Å²) in [5.74, 6) is -0.865. The number of rotatable bonds is 3. The Balaban J connectivity index is 1.42. The van der Waals surface area contributed by atoms with Gasteiger partial charge in [-0.3, -0.25) is 9.59 Å². The van der Waals surface area contributed by atoms with Crippen LogP contribution in [0.15, 0.2) is 24.5 Å². The van der Waals surface area contributed by atoms with E-state index in [-0.39, 0.29) is 29.0 Å². The molecule has 1 saturated carbocycles. The van der Waals surface area contributed by atoms with Gasteiger partial charge < -0.3 is 10.2 Å². The van der Waals surface area contributed by atoms with E-state index in [4.69, 9.17) is 0 Å². The standard InChI is InChI=1S/C18H21FN6O2/c1-20-16(26)14-11-25(23-22-14)15-4-5-18(15)6-8-24(9-7-18)17(27)13-3-2-12(19)10-21-13/h2-3,10-11,15H,4-9H2,1H3,(H,20,26). The molecule has 2 fully saturated rings. The van der Waals surface area contributed by atoms with Crippen LogP contribution in [0.1, 0.15) is 52.7 Å². The third kappa shape index (κ3) is 3.07. The van der Waals surface area contributed by atoms with Gasteiger partial charge in [0.2, 0.25) is 0 Å². The molecule has 1 unspecified atom stereocenters. The summed E-state index contributed by atoms with van der Waals surface area (Å²) in [6, 6.07) is 2.87. The number of hydrogen-bond donors (Lipinski definition) is 1. The van der Waals surface area contributed by atoms with Gasteiger partial charge in [0, 0.05) is 20.1 Å². The van der Waals surface area contributed by atoms with Crippen molar-refractivity contribution in [2.24, 2.45) is 5.41 Å². The molecule has 1 N–H and O–H groups in total. The largest absolute Gasteiger partial charge is 0.354 e. The smallest absolute Gasteiger partial charge is 0.273 e. The molecular formula is C18H21FN6O2. The zero-order chi connectivity index (χ0) is 19.0. The van der Waals surface area contributed by atoms with Gasteiger partial charge in [0.15, 0.2) is 5.69 Å². The SMILES string of the molecule is CNC(=O)c1cn(C2CCC23CCN(C(=O)c2ccc(F)cn2)CC3)nn1. The van der Waals surface area contributed by atoms with Gasteiger partial charge in [-0.1, -0.05) is 5.21 Å². The highest BCUT2D eigenvalue weighted by atomic mass is 19.1. The molecule has 2 aromatic heterocycles. The minimum absolute atomic E-state index is 0.0840. The first-order valence-electron chi connectivity index (χ1n) is 9.07. The number of hydrogen-bond acceptors (Lipinski definition) is 5. The van der Waals surface area contributed by atoms with Crippen molar-refractivity contribution in [2.75, 3.05) is 20.1 Å². The lowest BCUT2D eigenvalue weighted by molar-refractivity contribution is -0.0269. The van der Waals surface area contributed by atoms with E-state index in [1.165, 1.54) is 12.1 Å². The number of aromatic nitrogens is 4. The van der Waals surface area contributed by atoms with E-state index >= 15 is 0 Å². The summed E-state index contributed by atoms with van der Waals surface area (Å²) in [4.78, 5) is 29.9. The first-order valence-corrected chi connectivity index (χ1v) is 9.07. The summed E-state index contributed by atoms with van der Waals surface area (Å²) in [7, 11) is 1.56. The van der Waals surface area contributed by atoms with Gasteiger partial charge in [-0.15, -0.1) is 5.10 Å². The Morgan fingerprint density at radius 1 is 1.22 bits per heavy atom. The second-order valence-electron chi connectivity index (χ2n) is 7.23. The number of nitrogens with zero attached hydrogens (tertiary/aromatic N) is 5. The Hall–Kier alpha value is -2.84. The van der Waals surface area contributed by atoms with Gasteiger partial charge >= 0.3 is 0 Å². The molecule has 2 amide bonds. The Morgan fingerprint density at radius 2 is 2.00 bits per heavy atom. The van der Waals surface area contributed by atoms with E-state index < -0.39 is 5.82 Å². The topological polar surface area (TPSA) is 93.0 Å². The minimum Gasteiger partial charge on any atom is -0.354 e. The maximum absolute atomic E-state index is 13.0. The minimum atomic E-state index is -0.453. The summed E-state index contributed by atoms with van der Waals surface area (Å²) < 4.78 is 14.8. The highest BCUT2D eigenvalue weighted by Crippen LogP contribution is 2.56. The molecule has 3 heterocycles. The summed E-state index contributed by atoms with van der Waals surface area (Å²) in [5, 5.41) is 10.7. The number of pyridine rings is 1. The highest BCUT2D eigenvalue weighted by Gasteiger charge is 2.50. The molecule has 8 nitrogen and oxygen atoms in total. The maximum atomic E-state index is 13.0. The van der Waals surface area contributed by atoms with Crippen LogP contribution in [0.2, 0.25) is 0 Å². The molecule has 0 bridgehead atoms. The van der Waals surface area contributed by atoms with Crippen molar-refractivity contribution in [1.82, 2.24) is 30.2 Å². The quantitative estimate of drug-likeness (QED) is 0.880. The van der Waals surface area contributed by atoms with Crippen LogP contribution in [0.25, 0.3) is 0 Å². The molecular weight excluding hydrogens is 351 g/mol. The van der Waals surface area contributed by atoms with Crippen molar-refractivity contribution in [3.05, 3.63) is 41.7 Å². The molecule has 0 aromatic carbocycles. The number of halogens is 1. The Labute approximate surface area is 155 Å². The lowest BCUT2D eigenvalue weighted by Crippen LogP contribution is -2.51. The number of amides is 2. The Bertz CT molecular complexity index is 857. The number of carbonyl (C=O) groups excluding carboxylic acids is 2. The first-order chi connectivity index (χ1) is 13.0. The van der Waals surface area contributed by atoms with Gasteiger partial charge in [-0.25, -0.2) is 14.1 Å². The lowest BCUT2D eigenvalue weighted by Gasteiger charge is -2.53. The second kappa shape index (κ2) is 6.71. The number of nitrogens with one attached hydrogen (secondary N) is 1. The molecule has 4 rings (SSSR count). The van der Waals surface area contributed by atoms with Crippen molar-refractivity contribution in [1.29, 1.82) is 0 Å². The zero-order valence-corrected chi connectivity index (χ0v) is 15.1. The van der Waals surface area contributed by atoms with E-state index in [0.717, 1.165) is 31.9 Å². The molecule has 1 saturated heterocycles. The summed E-state index contributed by atoms with van der Waals surface area (Å²) >= 11 is 0. The van der Waals surface area contributed by atoms with E-state index in [1.807, 2.05) is 0 Å². The van der Waals surface area contributed by atoms with Crippen molar-refractivity contribution in [3.63, 3.8) is 0 Å². The van der Waals surface area contributed by atoms with Crippen molar-refractivity contribution >= 4 is 11.8 Å². The van der Waals surface area contributed by atoms with Crippen LogP contribution in [0.5, 0.6) is 0 Å². The van der Waals surface area contributed by atoms with Crippen molar-refractivity contribution in [2.45, 2.75) is 31.7 Å². The Morgan fingerprint density at radius 3 is 2.59 bits per heavy atom. The fourth-order valence-electron chi connectivity index (χ4n) is 4.16. The van der Waals surface area contributed by atoms with Crippen molar-refractivity contribution in [3.8, 4) is 0 Å². The van der Waals surface area contributed by atoms with Gasteiger partial charge in [-0.2, -0.15) is 0 Å². The van der Waals surface area contributed by atoms with Gasteiger partial charge in [0.25, 0.3) is 11.8 Å². The predicted octanol–water partition coefficient (Wildman–Crippen LogP) is 1.43. The molecule has 1 spiro atoms. The number of piperidine rings is 1. The molecule has 2 aliphatic rings. The molecule has 2 aromatic rings. The average molecular weight is 372 g/mol. The van der Waals surface area contributed by atoms with E-state index in [1.54, 1.807) is 22.8 Å². The van der Waals surface area contributed by atoms with Crippen LogP contribution in [0.3, 0.4) is 0 Å². The Kier molecular flexibility index (Phi) is 4.37. The molecule has 1 atom stereocenters. The molecule has 9 heteroatoms. The normalized spacial score (nSPS) is 21.0. The number of carbonyl (C=O) groups is 2. The maximum Gasteiger partial charge on any atom is 0.273 e. The van der Waals surface area contributed by atoms with Gasteiger partial charge in [-0.05, 0) is 43.2 Å². The van der Waals surface area contributed by atoms with E-state index in [0.29, 0.717) is 18.8 Å². The van der Waals surface area contributed by atoms with Crippen LogP contribution in [-0.4, -0.2) is 56.8 Å². The third-order valence-electron chi connectivity index (χ3n) is 5.90. The van der Waals surface area contributed by atoms with Crippen LogP contribution in [0.4, 0.5) is 4.39 Å². The molecule has 142 valence electrons. The summed E-state index contributed by atoms with van der Waals surface area (Å²) in [6.07, 6.45) is 6.55. The predicted molar refractivity (Wildman–Crippen MR) is 93.4 cm³/mol. The first kappa shape index (κ1) is 17.6. The fourth-order valence-corrected chi connectivity index (χ4v) is 4.16. The average Bonchev–Trinajstić information content (AvgIpc) is 3.16. The van der Waals surface area contributed by atoms with Crippen molar-refractivity contribution < 1.29 is 14.0 Å². The zero-order valence-electron chi connectivity index (χ0n) is 15.1. The van der Waals surface area contributed by atoms with Crippen LogP contribution < -0.4 is 5.32 Å². The van der Waals surface area contributed by atoms with Gasteiger partial charge in [0.1, 0.15) is 11.5 Å². The monoisotopic (exact) mass is 372 g/mol. The van der Waals surface area contributed by atoms with E-state index in [2.05, 4.69) is 20.6 Å².